The van der Waals surface area contributed by atoms with Crippen LogP contribution in [-0.2, 0) is 6.54 Å². The first-order valence-corrected chi connectivity index (χ1v) is 9.98. The number of rotatable bonds is 7. The van der Waals surface area contributed by atoms with Gasteiger partial charge >= 0.3 is 0 Å². The Morgan fingerprint density at radius 1 is 0.968 bits per heavy atom. The third-order valence-electron chi connectivity index (χ3n) is 4.64. The Morgan fingerprint density at radius 2 is 1.65 bits per heavy atom. The summed E-state index contributed by atoms with van der Waals surface area (Å²) in [6.45, 7) is 5.71. The molecule has 3 aromatic rings. The van der Waals surface area contributed by atoms with Crippen molar-refractivity contribution in [3.05, 3.63) is 83.2 Å². The summed E-state index contributed by atoms with van der Waals surface area (Å²) >= 11 is 0. The summed E-state index contributed by atoms with van der Waals surface area (Å²) in [5.41, 5.74) is 4.90. The van der Waals surface area contributed by atoms with Crippen LogP contribution in [0.2, 0.25) is 0 Å². The normalized spacial score (nSPS) is 10.9. The highest BCUT2D eigenvalue weighted by molar-refractivity contribution is 14.0. The van der Waals surface area contributed by atoms with Crippen molar-refractivity contribution < 1.29 is 4.79 Å². The SMILES string of the molecule is CN=C(NCCNC(=O)c1ccccc1)NCc1ccccc1-n1nc(C)cc1C.I. The molecule has 1 heterocycles. The lowest BCUT2D eigenvalue weighted by molar-refractivity contribution is 0.0954. The van der Waals surface area contributed by atoms with E-state index in [1.807, 2.05) is 41.9 Å². The van der Waals surface area contributed by atoms with Gasteiger partial charge in [-0.15, -0.1) is 24.0 Å². The van der Waals surface area contributed by atoms with Gasteiger partial charge in [-0.2, -0.15) is 5.10 Å². The predicted octanol–water partition coefficient (Wildman–Crippen LogP) is 3.20. The van der Waals surface area contributed by atoms with Crippen molar-refractivity contribution in [2.45, 2.75) is 20.4 Å². The molecule has 0 bridgehead atoms. The Balaban J connectivity index is 0.00000341. The monoisotopic (exact) mass is 532 g/mol. The number of carbonyl (C=O) groups excluding carboxylic acids is 1. The zero-order chi connectivity index (χ0) is 21.3. The van der Waals surface area contributed by atoms with Crippen molar-refractivity contribution in [1.29, 1.82) is 0 Å². The molecule has 3 rings (SSSR count). The molecule has 3 N–H and O–H groups in total. The Hall–Kier alpha value is -2.88. The number of aryl methyl sites for hydroxylation is 2. The molecule has 0 atom stereocenters. The molecule has 0 saturated carbocycles. The van der Waals surface area contributed by atoms with Crippen molar-refractivity contribution in [2.24, 2.45) is 4.99 Å². The summed E-state index contributed by atoms with van der Waals surface area (Å²) < 4.78 is 1.96. The van der Waals surface area contributed by atoms with Gasteiger partial charge < -0.3 is 16.0 Å². The first kappa shape index (κ1) is 24.4. The van der Waals surface area contributed by atoms with Crippen LogP contribution in [0.15, 0.2) is 65.7 Å². The summed E-state index contributed by atoms with van der Waals surface area (Å²) in [7, 11) is 1.73. The molecule has 8 heteroatoms. The van der Waals surface area contributed by atoms with Crippen LogP contribution in [-0.4, -0.2) is 41.8 Å². The third-order valence-corrected chi connectivity index (χ3v) is 4.64. The highest BCUT2D eigenvalue weighted by Gasteiger charge is 2.09. The van der Waals surface area contributed by atoms with Crippen LogP contribution in [0, 0.1) is 13.8 Å². The van der Waals surface area contributed by atoms with Crippen molar-refractivity contribution in [2.75, 3.05) is 20.1 Å². The second-order valence-electron chi connectivity index (χ2n) is 6.94. The zero-order valence-corrected chi connectivity index (χ0v) is 20.4. The molecule has 0 unspecified atom stereocenters. The van der Waals surface area contributed by atoms with Crippen molar-refractivity contribution in [1.82, 2.24) is 25.7 Å². The average Bonchev–Trinajstić information content (AvgIpc) is 3.11. The molecule has 1 amide bonds. The first-order chi connectivity index (χ1) is 14.6. The maximum Gasteiger partial charge on any atom is 0.251 e. The molecule has 0 aliphatic carbocycles. The van der Waals surface area contributed by atoms with Gasteiger partial charge in [-0.25, -0.2) is 4.68 Å². The third kappa shape index (κ3) is 6.81. The number of guanidine groups is 1. The van der Waals surface area contributed by atoms with Gasteiger partial charge in [-0.05, 0) is 43.7 Å². The zero-order valence-electron chi connectivity index (χ0n) is 18.1. The summed E-state index contributed by atoms with van der Waals surface area (Å²) in [5, 5.41) is 14.0. The van der Waals surface area contributed by atoms with E-state index in [1.165, 1.54) is 0 Å². The van der Waals surface area contributed by atoms with E-state index < -0.39 is 0 Å². The molecule has 0 saturated heterocycles. The Labute approximate surface area is 200 Å². The lowest BCUT2D eigenvalue weighted by atomic mass is 10.1. The molecule has 0 fully saturated rings. The number of aromatic nitrogens is 2. The van der Waals surface area contributed by atoms with E-state index >= 15 is 0 Å². The number of halogens is 1. The number of amides is 1. The van der Waals surface area contributed by atoms with E-state index in [4.69, 9.17) is 0 Å². The lowest BCUT2D eigenvalue weighted by Crippen LogP contribution is -2.41. The average molecular weight is 532 g/mol. The predicted molar refractivity (Wildman–Crippen MR) is 135 cm³/mol. The summed E-state index contributed by atoms with van der Waals surface area (Å²) in [4.78, 5) is 16.3. The van der Waals surface area contributed by atoms with E-state index in [-0.39, 0.29) is 29.9 Å². The van der Waals surface area contributed by atoms with Crippen LogP contribution >= 0.6 is 24.0 Å². The van der Waals surface area contributed by atoms with Crippen molar-refractivity contribution >= 4 is 35.8 Å². The van der Waals surface area contributed by atoms with Crippen LogP contribution in [0.3, 0.4) is 0 Å². The summed E-state index contributed by atoms with van der Waals surface area (Å²) in [5.74, 6) is 0.589. The fourth-order valence-electron chi connectivity index (χ4n) is 3.19. The van der Waals surface area contributed by atoms with Gasteiger partial charge in [0.15, 0.2) is 5.96 Å². The minimum absolute atomic E-state index is 0. The van der Waals surface area contributed by atoms with Gasteiger partial charge in [0.25, 0.3) is 5.91 Å². The van der Waals surface area contributed by atoms with Gasteiger partial charge in [0.05, 0.1) is 11.4 Å². The minimum atomic E-state index is -0.0841. The molecule has 0 aliphatic rings. The van der Waals surface area contributed by atoms with Crippen LogP contribution in [0.5, 0.6) is 0 Å². The number of hydrogen-bond acceptors (Lipinski definition) is 3. The van der Waals surface area contributed by atoms with Crippen molar-refractivity contribution in [3.63, 3.8) is 0 Å². The largest absolute Gasteiger partial charge is 0.355 e. The second-order valence-corrected chi connectivity index (χ2v) is 6.94. The van der Waals surface area contributed by atoms with Crippen molar-refractivity contribution in [3.8, 4) is 5.69 Å². The molecule has 0 spiro atoms. The highest BCUT2D eigenvalue weighted by atomic mass is 127. The number of nitrogens with one attached hydrogen (secondary N) is 3. The molecule has 1 aromatic heterocycles. The molecule has 2 aromatic carbocycles. The van der Waals surface area contributed by atoms with Gasteiger partial charge in [-0.3, -0.25) is 9.79 Å². The lowest BCUT2D eigenvalue weighted by Gasteiger charge is -2.15. The molecule has 164 valence electrons. The van der Waals surface area contributed by atoms with E-state index in [2.05, 4.69) is 51.2 Å². The van der Waals surface area contributed by atoms with E-state index in [9.17, 15) is 4.79 Å². The fourth-order valence-corrected chi connectivity index (χ4v) is 3.19. The molecule has 7 nitrogen and oxygen atoms in total. The highest BCUT2D eigenvalue weighted by Crippen LogP contribution is 2.16. The number of hydrogen-bond donors (Lipinski definition) is 3. The number of aliphatic imine (C=N–C) groups is 1. The topological polar surface area (TPSA) is 83.3 Å². The Kier molecular flexibility index (Phi) is 9.51. The maximum absolute atomic E-state index is 12.1. The van der Waals surface area contributed by atoms with Crippen LogP contribution in [0.1, 0.15) is 27.3 Å². The standard InChI is InChI=1S/C23H28N6O.HI/c1-17-15-18(2)29(28-17)21-12-8-7-11-20(21)16-27-23(24-3)26-14-13-25-22(30)19-9-5-4-6-10-19;/h4-12,15H,13-14,16H2,1-3H3,(H,25,30)(H2,24,26,27);1H. The van der Waals surface area contributed by atoms with E-state index in [1.54, 1.807) is 19.2 Å². The quantitative estimate of drug-likeness (QED) is 0.189. The van der Waals surface area contributed by atoms with Gasteiger partial charge in [0, 0.05) is 37.9 Å². The molecule has 31 heavy (non-hydrogen) atoms. The number of nitrogens with zero attached hydrogens (tertiary/aromatic N) is 3. The van der Waals surface area contributed by atoms with Gasteiger partial charge in [0.1, 0.15) is 0 Å². The maximum atomic E-state index is 12.1. The molecule has 0 aliphatic heterocycles. The summed E-state index contributed by atoms with van der Waals surface area (Å²) in [6.07, 6.45) is 0. The Morgan fingerprint density at radius 3 is 2.32 bits per heavy atom. The van der Waals surface area contributed by atoms with Crippen LogP contribution in [0.4, 0.5) is 0 Å². The molecular formula is C23H29IN6O. The Bertz CT molecular complexity index is 1020. The van der Waals surface area contributed by atoms with Crippen LogP contribution < -0.4 is 16.0 Å². The fraction of sp³-hybridized carbons (Fsp3) is 0.261. The smallest absolute Gasteiger partial charge is 0.251 e. The molecule has 0 radical (unpaired) electrons. The van der Waals surface area contributed by atoms with Gasteiger partial charge in [-0.1, -0.05) is 36.4 Å². The number of carbonyl (C=O) groups is 1. The van der Waals surface area contributed by atoms with Gasteiger partial charge in [0.2, 0.25) is 0 Å². The minimum Gasteiger partial charge on any atom is -0.355 e. The van der Waals surface area contributed by atoms with E-state index in [0.29, 0.717) is 31.2 Å². The number of benzene rings is 2. The summed E-state index contributed by atoms with van der Waals surface area (Å²) in [6, 6.07) is 19.4. The molecular weight excluding hydrogens is 503 g/mol. The van der Waals surface area contributed by atoms with E-state index in [0.717, 1.165) is 22.6 Å². The van der Waals surface area contributed by atoms with Crippen LogP contribution in [0.25, 0.3) is 5.69 Å². The number of para-hydroxylation sites is 1. The first-order valence-electron chi connectivity index (χ1n) is 9.98. The second kappa shape index (κ2) is 12.1.